The van der Waals surface area contributed by atoms with E-state index in [2.05, 4.69) is 15.3 Å². The van der Waals surface area contributed by atoms with E-state index in [0.717, 1.165) is 10.9 Å². The number of nitrogens with one attached hydrogen (secondary N) is 1. The summed E-state index contributed by atoms with van der Waals surface area (Å²) in [5.74, 6) is -0.127. The number of aryl methyl sites for hydroxylation is 1. The van der Waals surface area contributed by atoms with Crippen LogP contribution in [0.3, 0.4) is 0 Å². The second-order valence-corrected chi connectivity index (χ2v) is 8.57. The van der Waals surface area contributed by atoms with Gasteiger partial charge in [-0.3, -0.25) is 9.78 Å². The third kappa shape index (κ3) is 5.47. The highest BCUT2D eigenvalue weighted by Crippen LogP contribution is 2.24. The maximum absolute atomic E-state index is 12.6. The monoisotopic (exact) mass is 481 g/mol. The number of esters is 1. The molecule has 2 heterocycles. The minimum atomic E-state index is -0.495. The number of carbonyl (C=O) groups is 2. The predicted octanol–water partition coefficient (Wildman–Crippen LogP) is 5.20. The normalized spacial score (nSPS) is 10.8. The van der Waals surface area contributed by atoms with E-state index in [-0.39, 0.29) is 18.9 Å². The molecule has 1 N–H and O–H groups in total. The maximum Gasteiger partial charge on any atom is 0.340 e. The fraction of sp³-hybridized carbons (Fsp3) is 0.167. The Morgan fingerprint density at radius 3 is 2.76 bits per heavy atom. The van der Waals surface area contributed by atoms with Gasteiger partial charge in [-0.2, -0.15) is 0 Å². The molecule has 168 valence electrons. The topological polar surface area (TPSA) is 90.4 Å². The van der Waals surface area contributed by atoms with Gasteiger partial charge in [0.25, 0.3) is 0 Å². The van der Waals surface area contributed by atoms with Gasteiger partial charge in [0.1, 0.15) is 17.4 Å². The first-order valence-corrected chi connectivity index (χ1v) is 11.3. The lowest BCUT2D eigenvalue weighted by molar-refractivity contribution is -0.115. The van der Waals surface area contributed by atoms with Crippen molar-refractivity contribution in [3.05, 3.63) is 80.9 Å². The van der Waals surface area contributed by atoms with Crippen molar-refractivity contribution in [3.63, 3.8) is 0 Å². The van der Waals surface area contributed by atoms with Crippen molar-refractivity contribution in [2.45, 2.75) is 20.0 Å². The van der Waals surface area contributed by atoms with E-state index in [0.29, 0.717) is 38.4 Å². The van der Waals surface area contributed by atoms with Crippen molar-refractivity contribution < 1.29 is 19.1 Å². The van der Waals surface area contributed by atoms with Gasteiger partial charge in [0.05, 0.1) is 41.7 Å². The average Bonchev–Trinajstić information content (AvgIpc) is 3.24. The molecule has 2 aromatic heterocycles. The number of pyridine rings is 1. The Labute approximate surface area is 199 Å². The van der Waals surface area contributed by atoms with Gasteiger partial charge in [0.2, 0.25) is 5.91 Å². The highest BCUT2D eigenvalue weighted by atomic mass is 35.5. The molecule has 1 amide bonds. The lowest BCUT2D eigenvalue weighted by Gasteiger charge is -2.09. The largest absolute Gasteiger partial charge is 0.495 e. The molecule has 2 aromatic carbocycles. The fourth-order valence-corrected chi connectivity index (χ4v) is 4.20. The molecule has 33 heavy (non-hydrogen) atoms. The van der Waals surface area contributed by atoms with Crippen LogP contribution in [0.2, 0.25) is 5.02 Å². The van der Waals surface area contributed by atoms with E-state index in [1.165, 1.54) is 11.3 Å². The fourth-order valence-electron chi connectivity index (χ4n) is 3.24. The number of fused-ring (bicyclic) bond motifs is 1. The van der Waals surface area contributed by atoms with Crippen molar-refractivity contribution in [2.75, 3.05) is 12.4 Å². The molecule has 4 rings (SSSR count). The molecule has 0 aliphatic carbocycles. The van der Waals surface area contributed by atoms with Gasteiger partial charge in [0.15, 0.2) is 0 Å². The molecule has 0 bridgehead atoms. The Morgan fingerprint density at radius 1 is 1.12 bits per heavy atom. The lowest BCUT2D eigenvalue weighted by Crippen LogP contribution is -2.15. The zero-order valence-electron chi connectivity index (χ0n) is 17.9. The van der Waals surface area contributed by atoms with Gasteiger partial charge < -0.3 is 14.8 Å². The Bertz CT molecular complexity index is 1340. The van der Waals surface area contributed by atoms with Gasteiger partial charge in [-0.05, 0) is 43.3 Å². The molecule has 0 unspecified atom stereocenters. The first kappa shape index (κ1) is 22.7. The number of anilines is 1. The molecule has 7 nitrogen and oxygen atoms in total. The number of hydrogen-bond acceptors (Lipinski definition) is 7. The van der Waals surface area contributed by atoms with Gasteiger partial charge >= 0.3 is 5.97 Å². The number of para-hydroxylation sites is 2. The van der Waals surface area contributed by atoms with Crippen molar-refractivity contribution in [3.8, 4) is 5.75 Å². The zero-order chi connectivity index (χ0) is 23.4. The van der Waals surface area contributed by atoms with E-state index in [1.807, 2.05) is 12.1 Å². The maximum atomic E-state index is 12.6. The number of rotatable bonds is 7. The Hall–Kier alpha value is -3.49. The number of nitrogens with zero attached hydrogens (tertiary/aromatic N) is 2. The third-order valence-electron chi connectivity index (χ3n) is 4.83. The number of aromatic nitrogens is 2. The summed E-state index contributed by atoms with van der Waals surface area (Å²) in [5, 5.41) is 6.53. The summed E-state index contributed by atoms with van der Waals surface area (Å²) in [5.41, 5.74) is 2.86. The first-order valence-electron chi connectivity index (χ1n) is 10.0. The molecule has 0 radical (unpaired) electrons. The Morgan fingerprint density at radius 2 is 1.94 bits per heavy atom. The number of hydrogen-bond donors (Lipinski definition) is 1. The van der Waals surface area contributed by atoms with Gasteiger partial charge in [-0.25, -0.2) is 9.78 Å². The molecule has 0 saturated heterocycles. The van der Waals surface area contributed by atoms with E-state index in [9.17, 15) is 9.59 Å². The molecule has 0 aliphatic heterocycles. The number of amides is 1. The summed E-state index contributed by atoms with van der Waals surface area (Å²) in [6, 6.07) is 14.2. The SMILES string of the molecule is COc1ccccc1NC(=O)Cc1nc(COC(=O)c2cc3cc(Cl)ccc3nc2C)cs1. The zero-order valence-corrected chi connectivity index (χ0v) is 19.5. The highest BCUT2D eigenvalue weighted by Gasteiger charge is 2.15. The van der Waals surface area contributed by atoms with E-state index < -0.39 is 5.97 Å². The van der Waals surface area contributed by atoms with Gasteiger partial charge in [-0.1, -0.05) is 23.7 Å². The van der Waals surface area contributed by atoms with Crippen molar-refractivity contribution in [2.24, 2.45) is 0 Å². The average molecular weight is 482 g/mol. The molecular formula is C24H20ClN3O4S. The van der Waals surface area contributed by atoms with Crippen molar-refractivity contribution >= 4 is 51.4 Å². The van der Waals surface area contributed by atoms with Crippen LogP contribution in [-0.4, -0.2) is 29.0 Å². The van der Waals surface area contributed by atoms with Crippen LogP contribution in [0.1, 0.15) is 26.8 Å². The number of ether oxygens (including phenoxy) is 2. The number of carbonyl (C=O) groups excluding carboxylic acids is 2. The molecule has 4 aromatic rings. The summed E-state index contributed by atoms with van der Waals surface area (Å²) in [7, 11) is 1.55. The standard InChI is InChI=1S/C24H20ClN3O4S/c1-14-18(10-15-9-16(25)7-8-19(15)26-14)24(30)32-12-17-13-33-23(27-17)11-22(29)28-20-5-3-4-6-21(20)31-2/h3-10,13H,11-12H2,1-2H3,(H,28,29). The summed E-state index contributed by atoms with van der Waals surface area (Å²) < 4.78 is 10.7. The summed E-state index contributed by atoms with van der Waals surface area (Å²) >= 11 is 7.38. The van der Waals surface area contributed by atoms with E-state index >= 15 is 0 Å². The number of benzene rings is 2. The van der Waals surface area contributed by atoms with Gasteiger partial charge in [0, 0.05) is 15.8 Å². The second-order valence-electron chi connectivity index (χ2n) is 7.19. The minimum absolute atomic E-state index is 0.00349. The second kappa shape index (κ2) is 9.97. The number of methoxy groups -OCH3 is 1. The van der Waals surface area contributed by atoms with Crippen LogP contribution in [0.15, 0.2) is 53.9 Å². The molecule has 0 fully saturated rings. The molecule has 0 spiro atoms. The van der Waals surface area contributed by atoms with Crippen molar-refractivity contribution in [1.29, 1.82) is 0 Å². The predicted molar refractivity (Wildman–Crippen MR) is 128 cm³/mol. The third-order valence-corrected chi connectivity index (χ3v) is 5.96. The summed E-state index contributed by atoms with van der Waals surface area (Å²) in [4.78, 5) is 33.8. The van der Waals surface area contributed by atoms with Crippen LogP contribution in [0, 0.1) is 6.92 Å². The smallest absolute Gasteiger partial charge is 0.340 e. The molecular weight excluding hydrogens is 462 g/mol. The van der Waals surface area contributed by atoms with Crippen LogP contribution in [-0.2, 0) is 22.6 Å². The molecule has 0 atom stereocenters. The minimum Gasteiger partial charge on any atom is -0.495 e. The van der Waals surface area contributed by atoms with Crippen LogP contribution >= 0.6 is 22.9 Å². The number of halogens is 1. The Kier molecular flexibility index (Phi) is 6.86. The van der Waals surface area contributed by atoms with Crippen LogP contribution in [0.4, 0.5) is 5.69 Å². The summed E-state index contributed by atoms with van der Waals surface area (Å²) in [6.45, 7) is 1.75. The molecule has 0 saturated carbocycles. The van der Waals surface area contributed by atoms with E-state index in [1.54, 1.807) is 55.8 Å². The van der Waals surface area contributed by atoms with Crippen LogP contribution in [0.25, 0.3) is 10.9 Å². The number of thiazole rings is 1. The van der Waals surface area contributed by atoms with E-state index in [4.69, 9.17) is 21.1 Å². The molecule has 9 heteroatoms. The molecule has 0 aliphatic rings. The van der Waals surface area contributed by atoms with Crippen LogP contribution in [0.5, 0.6) is 5.75 Å². The first-order chi connectivity index (χ1) is 15.9. The highest BCUT2D eigenvalue weighted by molar-refractivity contribution is 7.09. The quantitative estimate of drug-likeness (QED) is 0.365. The van der Waals surface area contributed by atoms with Crippen LogP contribution < -0.4 is 10.1 Å². The summed E-state index contributed by atoms with van der Waals surface area (Å²) in [6.07, 6.45) is 0.102. The van der Waals surface area contributed by atoms with Crippen molar-refractivity contribution in [1.82, 2.24) is 9.97 Å². The van der Waals surface area contributed by atoms with Gasteiger partial charge in [-0.15, -0.1) is 11.3 Å². The Balaban J connectivity index is 1.37. The lowest BCUT2D eigenvalue weighted by atomic mass is 10.1.